The third-order valence-electron chi connectivity index (χ3n) is 1.42. The number of aliphatic hydroxyl groups excluding tert-OH is 1. The van der Waals surface area contributed by atoms with Gasteiger partial charge in [0.1, 0.15) is 6.10 Å². The molecular weight excluding hydrogens is 144 g/mol. The molecule has 11 heavy (non-hydrogen) atoms. The standard InChI is InChI=1S/C8H10O3/c1-6(9)8(10)4-7-2-3-11-5-7/h2-3,5-6,9H,4H2,1H3. The van der Waals surface area contributed by atoms with Crippen LogP contribution in [-0.4, -0.2) is 17.0 Å². The Labute approximate surface area is 64.6 Å². The average molecular weight is 154 g/mol. The van der Waals surface area contributed by atoms with Crippen molar-refractivity contribution in [3.05, 3.63) is 24.2 Å². The summed E-state index contributed by atoms with van der Waals surface area (Å²) < 4.78 is 4.76. The highest BCUT2D eigenvalue weighted by molar-refractivity contribution is 5.84. The van der Waals surface area contributed by atoms with E-state index >= 15 is 0 Å². The molecule has 1 unspecified atom stereocenters. The molecule has 3 nitrogen and oxygen atoms in total. The molecule has 3 heteroatoms. The van der Waals surface area contributed by atoms with Gasteiger partial charge < -0.3 is 9.52 Å². The van der Waals surface area contributed by atoms with E-state index in [4.69, 9.17) is 9.52 Å². The lowest BCUT2D eigenvalue weighted by Gasteiger charge is -1.99. The zero-order valence-corrected chi connectivity index (χ0v) is 6.28. The van der Waals surface area contributed by atoms with Gasteiger partial charge in [-0.2, -0.15) is 0 Å². The number of carbonyl (C=O) groups is 1. The second-order valence-electron chi connectivity index (χ2n) is 2.45. The molecule has 0 aliphatic heterocycles. The van der Waals surface area contributed by atoms with Crippen molar-refractivity contribution in [2.45, 2.75) is 19.4 Å². The number of hydrogen-bond acceptors (Lipinski definition) is 3. The van der Waals surface area contributed by atoms with Crippen LogP contribution in [-0.2, 0) is 11.2 Å². The van der Waals surface area contributed by atoms with Gasteiger partial charge in [0.25, 0.3) is 0 Å². The Morgan fingerprint density at radius 1 is 1.82 bits per heavy atom. The highest BCUT2D eigenvalue weighted by Gasteiger charge is 2.09. The highest BCUT2D eigenvalue weighted by Crippen LogP contribution is 2.02. The fraction of sp³-hybridized carbons (Fsp3) is 0.375. The zero-order chi connectivity index (χ0) is 8.27. The molecule has 1 atom stereocenters. The van der Waals surface area contributed by atoms with E-state index in [2.05, 4.69) is 0 Å². The van der Waals surface area contributed by atoms with Gasteiger partial charge in [-0.1, -0.05) is 0 Å². The smallest absolute Gasteiger partial charge is 0.165 e. The molecule has 0 aliphatic carbocycles. The molecule has 0 radical (unpaired) electrons. The van der Waals surface area contributed by atoms with Gasteiger partial charge in [0, 0.05) is 6.42 Å². The van der Waals surface area contributed by atoms with E-state index in [9.17, 15) is 4.79 Å². The van der Waals surface area contributed by atoms with Gasteiger partial charge >= 0.3 is 0 Å². The SMILES string of the molecule is CC(O)C(=O)Cc1ccoc1. The summed E-state index contributed by atoms with van der Waals surface area (Å²) in [5, 5.41) is 8.84. The Kier molecular flexibility index (Phi) is 2.44. The Morgan fingerprint density at radius 3 is 3.00 bits per heavy atom. The highest BCUT2D eigenvalue weighted by atomic mass is 16.3. The summed E-state index contributed by atoms with van der Waals surface area (Å²) in [5.74, 6) is -0.189. The van der Waals surface area contributed by atoms with Crippen molar-refractivity contribution in [3.8, 4) is 0 Å². The van der Waals surface area contributed by atoms with Crippen LogP contribution in [0.5, 0.6) is 0 Å². The van der Waals surface area contributed by atoms with Crippen molar-refractivity contribution in [2.24, 2.45) is 0 Å². The minimum atomic E-state index is -0.884. The van der Waals surface area contributed by atoms with E-state index in [0.717, 1.165) is 5.56 Å². The number of furan rings is 1. The van der Waals surface area contributed by atoms with Crippen molar-refractivity contribution >= 4 is 5.78 Å². The van der Waals surface area contributed by atoms with Gasteiger partial charge in [-0.25, -0.2) is 0 Å². The van der Waals surface area contributed by atoms with Crippen LogP contribution < -0.4 is 0 Å². The molecule has 1 rings (SSSR count). The lowest BCUT2D eigenvalue weighted by Crippen LogP contribution is -2.17. The molecule has 0 amide bonds. The second-order valence-corrected chi connectivity index (χ2v) is 2.45. The monoisotopic (exact) mass is 154 g/mol. The first kappa shape index (κ1) is 8.01. The van der Waals surface area contributed by atoms with Crippen LogP contribution in [0.25, 0.3) is 0 Å². The van der Waals surface area contributed by atoms with Gasteiger partial charge in [0.15, 0.2) is 5.78 Å². The molecule has 0 fully saturated rings. The predicted octanol–water partition coefficient (Wildman–Crippen LogP) is 0.772. The number of aliphatic hydroxyl groups is 1. The zero-order valence-electron chi connectivity index (χ0n) is 6.28. The van der Waals surface area contributed by atoms with E-state index in [1.807, 2.05) is 0 Å². The molecule has 60 valence electrons. The summed E-state index contributed by atoms with van der Waals surface area (Å²) in [6.45, 7) is 1.46. The Balaban J connectivity index is 2.50. The van der Waals surface area contributed by atoms with Crippen molar-refractivity contribution < 1.29 is 14.3 Å². The largest absolute Gasteiger partial charge is 0.472 e. The first-order valence-electron chi connectivity index (χ1n) is 3.42. The summed E-state index contributed by atoms with van der Waals surface area (Å²) in [7, 11) is 0. The Bertz CT molecular complexity index is 223. The topological polar surface area (TPSA) is 50.4 Å². The normalized spacial score (nSPS) is 12.9. The van der Waals surface area contributed by atoms with E-state index < -0.39 is 6.10 Å². The van der Waals surface area contributed by atoms with Crippen molar-refractivity contribution in [2.75, 3.05) is 0 Å². The average Bonchev–Trinajstić information content (AvgIpc) is 2.39. The number of rotatable bonds is 3. The molecule has 1 aromatic rings. The summed E-state index contributed by atoms with van der Waals surface area (Å²) >= 11 is 0. The van der Waals surface area contributed by atoms with E-state index in [1.54, 1.807) is 6.07 Å². The van der Waals surface area contributed by atoms with E-state index in [-0.39, 0.29) is 12.2 Å². The van der Waals surface area contributed by atoms with Gasteiger partial charge in [-0.3, -0.25) is 4.79 Å². The van der Waals surface area contributed by atoms with Gasteiger partial charge in [-0.15, -0.1) is 0 Å². The molecule has 0 saturated carbocycles. The number of hydrogen-bond donors (Lipinski definition) is 1. The molecule has 0 aromatic carbocycles. The first-order chi connectivity index (χ1) is 5.20. The third-order valence-corrected chi connectivity index (χ3v) is 1.42. The van der Waals surface area contributed by atoms with Gasteiger partial charge in [-0.05, 0) is 18.6 Å². The molecule has 0 bridgehead atoms. The van der Waals surface area contributed by atoms with Crippen molar-refractivity contribution in [1.29, 1.82) is 0 Å². The summed E-state index contributed by atoms with van der Waals surface area (Å²) in [4.78, 5) is 10.9. The lowest BCUT2D eigenvalue weighted by atomic mass is 10.1. The van der Waals surface area contributed by atoms with Crippen LogP contribution in [0, 0.1) is 0 Å². The lowest BCUT2D eigenvalue weighted by molar-refractivity contribution is -0.125. The third kappa shape index (κ3) is 2.20. The number of Topliss-reactive ketones (excluding diaryl/α,β-unsaturated/α-hetero) is 1. The molecular formula is C8H10O3. The molecule has 1 heterocycles. The summed E-state index contributed by atoms with van der Waals surface area (Å²) in [5.41, 5.74) is 0.802. The molecule has 0 saturated heterocycles. The number of carbonyl (C=O) groups excluding carboxylic acids is 1. The van der Waals surface area contributed by atoms with Gasteiger partial charge in [0.05, 0.1) is 12.5 Å². The van der Waals surface area contributed by atoms with E-state index in [0.29, 0.717) is 0 Å². The van der Waals surface area contributed by atoms with Crippen LogP contribution in [0.1, 0.15) is 12.5 Å². The van der Waals surface area contributed by atoms with Crippen molar-refractivity contribution in [1.82, 2.24) is 0 Å². The predicted molar refractivity (Wildman–Crippen MR) is 39.1 cm³/mol. The first-order valence-corrected chi connectivity index (χ1v) is 3.42. The Hall–Kier alpha value is -1.09. The van der Waals surface area contributed by atoms with Crippen LogP contribution in [0.2, 0.25) is 0 Å². The van der Waals surface area contributed by atoms with Crippen LogP contribution in [0.4, 0.5) is 0 Å². The Morgan fingerprint density at radius 2 is 2.55 bits per heavy atom. The minimum Gasteiger partial charge on any atom is -0.472 e. The number of ketones is 1. The second kappa shape index (κ2) is 3.34. The minimum absolute atomic E-state index is 0.189. The van der Waals surface area contributed by atoms with E-state index in [1.165, 1.54) is 19.5 Å². The maximum absolute atomic E-state index is 10.9. The van der Waals surface area contributed by atoms with Gasteiger partial charge in [0.2, 0.25) is 0 Å². The van der Waals surface area contributed by atoms with Crippen molar-refractivity contribution in [3.63, 3.8) is 0 Å². The quantitative estimate of drug-likeness (QED) is 0.699. The maximum atomic E-state index is 10.9. The van der Waals surface area contributed by atoms with Crippen LogP contribution in [0.15, 0.2) is 23.0 Å². The molecule has 1 N–H and O–H groups in total. The molecule has 0 aliphatic rings. The fourth-order valence-electron chi connectivity index (χ4n) is 0.742. The maximum Gasteiger partial charge on any atom is 0.165 e. The summed E-state index contributed by atoms with van der Waals surface area (Å²) in [6, 6.07) is 1.71. The fourth-order valence-corrected chi connectivity index (χ4v) is 0.742. The molecule has 1 aromatic heterocycles. The van der Waals surface area contributed by atoms with Crippen LogP contribution >= 0.6 is 0 Å². The van der Waals surface area contributed by atoms with Crippen LogP contribution in [0.3, 0.4) is 0 Å². The summed E-state index contributed by atoms with van der Waals surface area (Å²) in [6.07, 6.45) is 2.36. The molecule has 0 spiro atoms.